The highest BCUT2D eigenvalue weighted by Crippen LogP contribution is 2.30. The minimum Gasteiger partial charge on any atom is -0.342 e. The predicted octanol–water partition coefficient (Wildman–Crippen LogP) is 4.10. The van der Waals surface area contributed by atoms with E-state index in [0.717, 1.165) is 43.5 Å². The number of likely N-dealkylation sites (tertiary alicyclic amines) is 1. The Morgan fingerprint density at radius 3 is 2.43 bits per heavy atom. The van der Waals surface area contributed by atoms with Gasteiger partial charge in [0.25, 0.3) is 0 Å². The number of benzene rings is 2. The molecule has 4 nitrogen and oxygen atoms in total. The van der Waals surface area contributed by atoms with Gasteiger partial charge in [-0.25, -0.2) is 0 Å². The largest absolute Gasteiger partial charge is 0.342 e. The molecule has 146 valence electrons. The third kappa shape index (κ3) is 4.07. The molecular formula is C23H25ClN2O2. The van der Waals surface area contributed by atoms with Gasteiger partial charge in [-0.2, -0.15) is 0 Å². The first kappa shape index (κ1) is 19.0. The molecule has 0 bridgehead atoms. The second-order valence-corrected chi connectivity index (χ2v) is 8.12. The molecular weight excluding hydrogens is 372 g/mol. The standard InChI is InChI=1S/C23H25ClN2O2/c24-20-9-7-17(8-10-20)16-22(27)25-14-11-19(12-15-25)23(28)26-13-3-5-18-4-1-2-6-21(18)26/h1-2,4,6-10,19H,3,5,11-16H2. The molecule has 0 saturated carbocycles. The monoisotopic (exact) mass is 396 g/mol. The summed E-state index contributed by atoms with van der Waals surface area (Å²) in [6.07, 6.45) is 3.92. The van der Waals surface area contributed by atoms with Crippen LogP contribution in [0.2, 0.25) is 5.02 Å². The molecule has 0 aromatic heterocycles. The van der Waals surface area contributed by atoms with E-state index in [9.17, 15) is 9.59 Å². The van der Waals surface area contributed by atoms with Crippen molar-refractivity contribution in [1.82, 2.24) is 4.90 Å². The van der Waals surface area contributed by atoms with Crippen LogP contribution < -0.4 is 4.90 Å². The van der Waals surface area contributed by atoms with Crippen molar-refractivity contribution >= 4 is 29.1 Å². The van der Waals surface area contributed by atoms with E-state index in [4.69, 9.17) is 11.6 Å². The number of hydrogen-bond donors (Lipinski definition) is 0. The highest BCUT2D eigenvalue weighted by atomic mass is 35.5. The second kappa shape index (κ2) is 8.36. The van der Waals surface area contributed by atoms with Crippen LogP contribution in [0.3, 0.4) is 0 Å². The summed E-state index contributed by atoms with van der Waals surface area (Å²) in [5.74, 6) is 0.347. The van der Waals surface area contributed by atoms with Crippen molar-refractivity contribution in [2.24, 2.45) is 5.92 Å². The van der Waals surface area contributed by atoms with Gasteiger partial charge in [-0.3, -0.25) is 9.59 Å². The average molecular weight is 397 g/mol. The summed E-state index contributed by atoms with van der Waals surface area (Å²) in [5.41, 5.74) is 3.30. The first-order valence-corrected chi connectivity index (χ1v) is 10.4. The van der Waals surface area contributed by atoms with Crippen LogP contribution in [0, 0.1) is 5.92 Å². The smallest absolute Gasteiger partial charge is 0.230 e. The van der Waals surface area contributed by atoms with Gasteiger partial charge in [0.05, 0.1) is 6.42 Å². The number of fused-ring (bicyclic) bond motifs is 1. The second-order valence-electron chi connectivity index (χ2n) is 7.68. The molecule has 1 saturated heterocycles. The number of carbonyl (C=O) groups is 2. The summed E-state index contributed by atoms with van der Waals surface area (Å²) in [5, 5.41) is 0.676. The molecule has 2 aromatic carbocycles. The van der Waals surface area contributed by atoms with Crippen LogP contribution in [0.5, 0.6) is 0 Å². The number of hydrogen-bond acceptors (Lipinski definition) is 2. The quantitative estimate of drug-likeness (QED) is 0.783. The summed E-state index contributed by atoms with van der Waals surface area (Å²) in [4.78, 5) is 29.6. The molecule has 0 N–H and O–H groups in total. The van der Waals surface area contributed by atoms with Gasteiger partial charge >= 0.3 is 0 Å². The lowest BCUT2D eigenvalue weighted by Gasteiger charge is -2.36. The third-order valence-corrected chi connectivity index (χ3v) is 6.09. The van der Waals surface area contributed by atoms with E-state index in [1.807, 2.05) is 46.2 Å². The number of amides is 2. The molecule has 2 aliphatic rings. The number of aryl methyl sites for hydroxylation is 1. The van der Waals surface area contributed by atoms with Crippen LogP contribution in [-0.4, -0.2) is 36.3 Å². The molecule has 2 aliphatic heterocycles. The van der Waals surface area contributed by atoms with Crippen LogP contribution in [0.25, 0.3) is 0 Å². The number of para-hydroxylation sites is 1. The fourth-order valence-corrected chi connectivity index (χ4v) is 4.37. The fourth-order valence-electron chi connectivity index (χ4n) is 4.25. The summed E-state index contributed by atoms with van der Waals surface area (Å²) in [6.45, 7) is 2.10. The van der Waals surface area contributed by atoms with Gasteiger partial charge < -0.3 is 9.80 Å². The normalized spacial score (nSPS) is 17.3. The number of carbonyl (C=O) groups excluding carboxylic acids is 2. The van der Waals surface area contributed by atoms with E-state index >= 15 is 0 Å². The van der Waals surface area contributed by atoms with Crippen molar-refractivity contribution in [2.75, 3.05) is 24.5 Å². The number of piperidine rings is 1. The summed E-state index contributed by atoms with van der Waals surface area (Å²) in [7, 11) is 0. The van der Waals surface area contributed by atoms with Crippen LogP contribution in [0.4, 0.5) is 5.69 Å². The topological polar surface area (TPSA) is 40.6 Å². The maximum Gasteiger partial charge on any atom is 0.230 e. The van der Waals surface area contributed by atoms with Gasteiger partial charge in [-0.1, -0.05) is 41.9 Å². The maximum absolute atomic E-state index is 13.1. The molecule has 0 unspecified atom stereocenters. The van der Waals surface area contributed by atoms with Gasteiger partial charge in [0.2, 0.25) is 11.8 Å². The van der Waals surface area contributed by atoms with Crippen molar-refractivity contribution in [3.63, 3.8) is 0 Å². The van der Waals surface area contributed by atoms with Crippen molar-refractivity contribution in [3.8, 4) is 0 Å². The molecule has 0 radical (unpaired) electrons. The molecule has 4 rings (SSSR count). The SMILES string of the molecule is O=C(Cc1ccc(Cl)cc1)N1CCC(C(=O)N2CCCc3ccccc32)CC1. The lowest BCUT2D eigenvalue weighted by atomic mass is 9.92. The Balaban J connectivity index is 1.34. The minimum absolute atomic E-state index is 0.00531. The zero-order chi connectivity index (χ0) is 19.5. The Labute approximate surface area is 171 Å². The van der Waals surface area contributed by atoms with E-state index in [1.54, 1.807) is 0 Å². The van der Waals surface area contributed by atoms with Crippen molar-refractivity contribution < 1.29 is 9.59 Å². The fraction of sp³-hybridized carbons (Fsp3) is 0.391. The molecule has 2 amide bonds. The Kier molecular flexibility index (Phi) is 5.67. The van der Waals surface area contributed by atoms with Gasteiger partial charge in [-0.15, -0.1) is 0 Å². The Bertz CT molecular complexity index is 857. The van der Waals surface area contributed by atoms with E-state index in [1.165, 1.54) is 5.56 Å². The van der Waals surface area contributed by atoms with Crippen LogP contribution >= 0.6 is 11.6 Å². The minimum atomic E-state index is 0.00531. The molecule has 2 heterocycles. The van der Waals surface area contributed by atoms with Crippen molar-refractivity contribution in [2.45, 2.75) is 32.1 Å². The van der Waals surface area contributed by atoms with Gasteiger partial charge in [0, 0.05) is 36.3 Å². The molecule has 2 aromatic rings. The molecule has 0 aliphatic carbocycles. The summed E-state index contributed by atoms with van der Waals surface area (Å²) < 4.78 is 0. The average Bonchev–Trinajstić information content (AvgIpc) is 2.74. The maximum atomic E-state index is 13.1. The number of nitrogens with zero attached hydrogens (tertiary/aromatic N) is 2. The third-order valence-electron chi connectivity index (χ3n) is 5.84. The lowest BCUT2D eigenvalue weighted by Crippen LogP contribution is -2.46. The molecule has 0 atom stereocenters. The van der Waals surface area contributed by atoms with Crippen molar-refractivity contribution in [1.29, 1.82) is 0 Å². The Hall–Kier alpha value is -2.33. The van der Waals surface area contributed by atoms with Gasteiger partial charge in [0.1, 0.15) is 0 Å². The number of anilines is 1. The Morgan fingerprint density at radius 1 is 0.964 bits per heavy atom. The first-order chi connectivity index (χ1) is 13.6. The highest BCUT2D eigenvalue weighted by Gasteiger charge is 2.32. The van der Waals surface area contributed by atoms with E-state index in [-0.39, 0.29) is 17.7 Å². The summed E-state index contributed by atoms with van der Waals surface area (Å²) >= 11 is 5.91. The molecule has 1 fully saturated rings. The predicted molar refractivity (Wildman–Crippen MR) is 112 cm³/mol. The number of rotatable bonds is 3. The van der Waals surface area contributed by atoms with E-state index in [0.29, 0.717) is 24.5 Å². The van der Waals surface area contributed by atoms with Crippen molar-refractivity contribution in [3.05, 3.63) is 64.7 Å². The summed E-state index contributed by atoms with van der Waals surface area (Å²) in [6, 6.07) is 15.6. The molecule has 5 heteroatoms. The van der Waals surface area contributed by atoms with Gasteiger partial charge in [-0.05, 0) is 55.0 Å². The molecule has 0 spiro atoms. The van der Waals surface area contributed by atoms with Crippen LogP contribution in [0.15, 0.2) is 48.5 Å². The van der Waals surface area contributed by atoms with Gasteiger partial charge in [0.15, 0.2) is 0 Å². The molecule has 28 heavy (non-hydrogen) atoms. The zero-order valence-corrected chi connectivity index (χ0v) is 16.7. The first-order valence-electron chi connectivity index (χ1n) is 10.0. The van der Waals surface area contributed by atoms with Crippen LogP contribution in [-0.2, 0) is 22.4 Å². The van der Waals surface area contributed by atoms with Crippen LogP contribution in [0.1, 0.15) is 30.4 Å². The number of halogens is 1. The van der Waals surface area contributed by atoms with E-state index < -0.39 is 0 Å². The Morgan fingerprint density at radius 2 is 1.68 bits per heavy atom. The highest BCUT2D eigenvalue weighted by molar-refractivity contribution is 6.30. The van der Waals surface area contributed by atoms with E-state index in [2.05, 4.69) is 12.1 Å². The lowest BCUT2D eigenvalue weighted by molar-refractivity contribution is -0.134. The zero-order valence-electron chi connectivity index (χ0n) is 15.9.